The summed E-state index contributed by atoms with van der Waals surface area (Å²) in [6, 6.07) is 10.8. The SMILES string of the molecule is Cc1noc(C)c1S(=O)(=O)Nc1ccc2c(c1)C(=O)N([C@H](C)CO)C[C@@H](C)[C@@H](CN(C)Cc1ccc(C(=O)O)cc1)OCCCC[C@@H](C)O2. The van der Waals surface area contributed by atoms with Gasteiger partial charge in [0.15, 0.2) is 10.7 Å². The highest BCUT2D eigenvalue weighted by atomic mass is 32.2. The molecule has 0 spiro atoms. The molecule has 0 saturated carbocycles. The summed E-state index contributed by atoms with van der Waals surface area (Å²) in [4.78, 5) is 29.3. The Hall–Kier alpha value is -3.98. The number of hydrogen-bond acceptors (Lipinski definition) is 10. The minimum absolute atomic E-state index is 0.0681. The quantitative estimate of drug-likeness (QED) is 0.267. The van der Waals surface area contributed by atoms with Gasteiger partial charge in [0.25, 0.3) is 15.9 Å². The number of carbonyl (C=O) groups excluding carboxylic acids is 1. The number of rotatable bonds is 10. The number of amides is 1. The summed E-state index contributed by atoms with van der Waals surface area (Å²) < 4.78 is 46.9. The first-order valence-electron chi connectivity index (χ1n) is 16.5. The third kappa shape index (κ3) is 9.81. The van der Waals surface area contributed by atoms with Crippen molar-refractivity contribution in [2.24, 2.45) is 5.92 Å². The third-order valence-corrected chi connectivity index (χ3v) is 10.3. The number of aromatic nitrogens is 1. The van der Waals surface area contributed by atoms with Crippen LogP contribution >= 0.6 is 0 Å². The number of aromatic carboxylic acids is 1. The minimum atomic E-state index is -4.09. The molecule has 1 aliphatic heterocycles. The Morgan fingerprint density at radius 1 is 1.14 bits per heavy atom. The fourth-order valence-electron chi connectivity index (χ4n) is 5.95. The highest BCUT2D eigenvalue weighted by molar-refractivity contribution is 7.92. The molecule has 14 heteroatoms. The second-order valence-electron chi connectivity index (χ2n) is 13.0. The summed E-state index contributed by atoms with van der Waals surface area (Å²) in [7, 11) is -2.12. The molecule has 2 heterocycles. The average Bonchev–Trinajstić information content (AvgIpc) is 3.40. The Morgan fingerprint density at radius 3 is 2.49 bits per heavy atom. The zero-order valence-corrected chi connectivity index (χ0v) is 29.8. The molecule has 0 radical (unpaired) electrons. The highest BCUT2D eigenvalue weighted by Crippen LogP contribution is 2.30. The van der Waals surface area contributed by atoms with Crippen LogP contribution in [0.15, 0.2) is 51.9 Å². The summed E-state index contributed by atoms with van der Waals surface area (Å²) in [6.45, 7) is 10.3. The molecule has 4 rings (SSSR count). The number of nitrogens with zero attached hydrogens (tertiary/aromatic N) is 3. The summed E-state index contributed by atoms with van der Waals surface area (Å²) in [6.07, 6.45) is 1.84. The molecule has 13 nitrogen and oxygen atoms in total. The molecule has 1 aliphatic rings. The van der Waals surface area contributed by atoms with Crippen molar-refractivity contribution in [1.29, 1.82) is 0 Å². The van der Waals surface area contributed by atoms with Gasteiger partial charge in [0.1, 0.15) is 11.4 Å². The van der Waals surface area contributed by atoms with Crippen molar-refractivity contribution in [2.75, 3.05) is 38.1 Å². The molecule has 1 aromatic heterocycles. The zero-order valence-electron chi connectivity index (χ0n) is 29.0. The Balaban J connectivity index is 1.63. The van der Waals surface area contributed by atoms with Gasteiger partial charge in [0.2, 0.25) is 0 Å². The monoisotopic (exact) mass is 700 g/mol. The number of anilines is 1. The lowest BCUT2D eigenvalue weighted by atomic mass is 10.0. The Morgan fingerprint density at radius 2 is 1.86 bits per heavy atom. The van der Waals surface area contributed by atoms with Crippen molar-refractivity contribution < 1.29 is 42.2 Å². The maximum atomic E-state index is 14.4. The molecule has 1 amide bonds. The molecule has 2 aromatic carbocycles. The molecule has 268 valence electrons. The highest BCUT2D eigenvalue weighted by Gasteiger charge is 2.31. The summed E-state index contributed by atoms with van der Waals surface area (Å²) in [5.41, 5.74) is 1.72. The lowest BCUT2D eigenvalue weighted by molar-refractivity contribution is -0.0177. The third-order valence-electron chi connectivity index (χ3n) is 8.69. The number of aryl methyl sites for hydroxylation is 2. The van der Waals surface area contributed by atoms with Crippen LogP contribution in [0.25, 0.3) is 0 Å². The lowest BCUT2D eigenvalue weighted by Gasteiger charge is -2.36. The number of carbonyl (C=O) groups is 2. The average molecular weight is 701 g/mol. The van der Waals surface area contributed by atoms with Crippen LogP contribution in [-0.4, -0.2) is 97.1 Å². The second-order valence-corrected chi connectivity index (χ2v) is 14.6. The number of nitrogens with one attached hydrogen (secondary N) is 1. The smallest absolute Gasteiger partial charge is 0.335 e. The Labute approximate surface area is 288 Å². The topological polar surface area (TPSA) is 172 Å². The number of sulfonamides is 1. The molecule has 3 aromatic rings. The van der Waals surface area contributed by atoms with E-state index in [1.54, 1.807) is 48.2 Å². The van der Waals surface area contributed by atoms with E-state index in [4.69, 9.17) is 14.0 Å². The van der Waals surface area contributed by atoms with Crippen LogP contribution in [0.2, 0.25) is 0 Å². The van der Waals surface area contributed by atoms with E-state index in [-0.39, 0.29) is 64.4 Å². The van der Waals surface area contributed by atoms with Crippen molar-refractivity contribution in [3.63, 3.8) is 0 Å². The number of aliphatic hydroxyl groups is 1. The Kier molecular flexibility index (Phi) is 12.8. The number of ether oxygens (including phenoxy) is 2. The van der Waals surface area contributed by atoms with E-state index in [9.17, 15) is 28.2 Å². The molecule has 0 unspecified atom stereocenters. The zero-order chi connectivity index (χ0) is 35.9. The van der Waals surface area contributed by atoms with Crippen LogP contribution in [-0.2, 0) is 21.3 Å². The van der Waals surface area contributed by atoms with Crippen LogP contribution in [0.3, 0.4) is 0 Å². The molecule has 3 N–H and O–H groups in total. The largest absolute Gasteiger partial charge is 0.490 e. The number of fused-ring (bicyclic) bond motifs is 1. The first-order valence-corrected chi connectivity index (χ1v) is 18.0. The van der Waals surface area contributed by atoms with Gasteiger partial charge in [0, 0.05) is 37.8 Å². The number of carboxylic acids is 1. The number of benzene rings is 2. The van der Waals surface area contributed by atoms with Gasteiger partial charge in [-0.05, 0) is 89.9 Å². The van der Waals surface area contributed by atoms with Crippen LogP contribution in [0.5, 0.6) is 5.75 Å². The van der Waals surface area contributed by atoms with Crippen molar-refractivity contribution >= 4 is 27.6 Å². The number of carboxylic acid groups (broad SMARTS) is 1. The molecular weight excluding hydrogens is 652 g/mol. The normalized spacial score (nSPS) is 20.3. The molecule has 0 fully saturated rings. The van der Waals surface area contributed by atoms with Gasteiger partial charge >= 0.3 is 5.97 Å². The maximum Gasteiger partial charge on any atom is 0.335 e. The Bertz CT molecular complexity index is 1670. The van der Waals surface area contributed by atoms with Crippen molar-refractivity contribution in [1.82, 2.24) is 15.0 Å². The second kappa shape index (κ2) is 16.6. The van der Waals surface area contributed by atoms with Crippen LogP contribution < -0.4 is 9.46 Å². The van der Waals surface area contributed by atoms with Gasteiger partial charge in [-0.2, -0.15) is 0 Å². The standard InChI is InChI=1S/C35H48N4O9S/c1-22-18-39(23(2)21-40)34(41)30-17-29(37-49(44,45)33-25(4)36-48-26(33)5)14-15-31(30)47-24(3)9-7-8-16-46-32(22)20-38(6)19-27-10-12-28(13-11-27)35(42)43/h10-15,17,22-24,32,37,40H,7-9,16,18-21H2,1-6H3,(H,42,43)/t22-,23-,24-,32-/m1/s1. The van der Waals surface area contributed by atoms with Gasteiger partial charge < -0.3 is 29.1 Å². The van der Waals surface area contributed by atoms with Crippen LogP contribution in [0.1, 0.15) is 77.8 Å². The maximum absolute atomic E-state index is 14.4. The first kappa shape index (κ1) is 37.8. The lowest BCUT2D eigenvalue weighted by Crippen LogP contribution is -2.47. The first-order chi connectivity index (χ1) is 23.2. The van der Waals surface area contributed by atoms with Gasteiger partial charge in [-0.1, -0.05) is 24.2 Å². The number of likely N-dealkylation sites (N-methyl/N-ethyl adjacent to an activating group) is 1. The van der Waals surface area contributed by atoms with Crippen LogP contribution in [0.4, 0.5) is 5.69 Å². The van der Waals surface area contributed by atoms with E-state index in [1.165, 1.54) is 19.9 Å². The number of aliphatic hydroxyl groups excluding tert-OH is 1. The van der Waals surface area contributed by atoms with E-state index in [2.05, 4.69) is 14.8 Å². The van der Waals surface area contributed by atoms with Crippen molar-refractivity contribution in [3.8, 4) is 5.75 Å². The fraction of sp³-hybridized carbons (Fsp3) is 0.514. The van der Waals surface area contributed by atoms with Crippen LogP contribution in [0, 0.1) is 19.8 Å². The van der Waals surface area contributed by atoms with Gasteiger partial charge in [-0.15, -0.1) is 0 Å². The summed E-state index contributed by atoms with van der Waals surface area (Å²) >= 11 is 0. The predicted molar refractivity (Wildman–Crippen MR) is 183 cm³/mol. The van der Waals surface area contributed by atoms with Crippen molar-refractivity contribution in [2.45, 2.75) is 83.6 Å². The molecular formula is C35H48N4O9S. The van der Waals surface area contributed by atoms with E-state index in [0.29, 0.717) is 31.9 Å². The van der Waals surface area contributed by atoms with Gasteiger partial charge in [0.05, 0.1) is 36.0 Å². The van der Waals surface area contributed by atoms with Gasteiger partial charge in [-0.3, -0.25) is 14.4 Å². The van der Waals surface area contributed by atoms with E-state index in [0.717, 1.165) is 18.4 Å². The molecule has 49 heavy (non-hydrogen) atoms. The van der Waals surface area contributed by atoms with E-state index < -0.39 is 27.9 Å². The minimum Gasteiger partial charge on any atom is -0.490 e. The molecule has 0 bridgehead atoms. The van der Waals surface area contributed by atoms with Crippen molar-refractivity contribution in [3.05, 3.63) is 70.6 Å². The summed E-state index contributed by atoms with van der Waals surface area (Å²) in [5, 5.41) is 23.2. The van der Waals surface area contributed by atoms with E-state index in [1.807, 2.05) is 20.9 Å². The molecule has 0 saturated heterocycles. The summed E-state index contributed by atoms with van der Waals surface area (Å²) in [5.74, 6) is -1.10. The fourth-order valence-corrected chi connectivity index (χ4v) is 7.33. The van der Waals surface area contributed by atoms with Gasteiger partial charge in [-0.25, -0.2) is 13.2 Å². The number of hydrogen-bond donors (Lipinski definition) is 3. The molecule has 0 aliphatic carbocycles. The van der Waals surface area contributed by atoms with E-state index >= 15 is 0 Å². The molecule has 4 atom stereocenters. The predicted octanol–water partition coefficient (Wildman–Crippen LogP) is 4.72.